The summed E-state index contributed by atoms with van der Waals surface area (Å²) < 4.78 is 30.6. The van der Waals surface area contributed by atoms with Crippen molar-refractivity contribution in [1.82, 2.24) is 10.0 Å². The Balaban J connectivity index is 2.00. The molecule has 0 radical (unpaired) electrons. The van der Waals surface area contributed by atoms with E-state index in [0.29, 0.717) is 18.7 Å². The van der Waals surface area contributed by atoms with Gasteiger partial charge in [-0.05, 0) is 42.4 Å². The highest BCUT2D eigenvalue weighted by Gasteiger charge is 2.11. The lowest BCUT2D eigenvalue weighted by molar-refractivity contribution is 0.0950. The monoisotopic (exact) mass is 348 g/mol. The van der Waals surface area contributed by atoms with Crippen molar-refractivity contribution < 1.29 is 17.9 Å². The molecule has 6 nitrogen and oxygen atoms in total. The van der Waals surface area contributed by atoms with Gasteiger partial charge in [-0.2, -0.15) is 0 Å². The number of carbonyl (C=O) groups is 1. The first kappa shape index (κ1) is 18.1. The molecule has 2 aromatic rings. The smallest absolute Gasteiger partial charge is 0.251 e. The van der Waals surface area contributed by atoms with Crippen molar-refractivity contribution in [1.29, 1.82) is 0 Å². The van der Waals surface area contributed by atoms with Crippen molar-refractivity contribution in [2.75, 3.05) is 14.2 Å². The van der Waals surface area contributed by atoms with Crippen LogP contribution in [0.3, 0.4) is 0 Å². The number of rotatable bonds is 7. The second-order valence-corrected chi connectivity index (χ2v) is 7.05. The Morgan fingerprint density at radius 1 is 1.08 bits per heavy atom. The number of carbonyl (C=O) groups excluding carboxylic acids is 1. The predicted octanol–water partition coefficient (Wildman–Crippen LogP) is 1.67. The Morgan fingerprint density at radius 2 is 1.79 bits per heavy atom. The quantitative estimate of drug-likeness (QED) is 0.797. The van der Waals surface area contributed by atoms with E-state index in [1.54, 1.807) is 37.4 Å². The van der Waals surface area contributed by atoms with E-state index in [0.717, 1.165) is 11.1 Å². The van der Waals surface area contributed by atoms with Gasteiger partial charge in [0.1, 0.15) is 0 Å². The van der Waals surface area contributed by atoms with E-state index in [-0.39, 0.29) is 10.8 Å². The summed E-state index contributed by atoms with van der Waals surface area (Å²) in [4.78, 5) is 12.4. The third kappa shape index (κ3) is 4.64. The molecule has 0 saturated carbocycles. The van der Waals surface area contributed by atoms with Gasteiger partial charge in [0.05, 0.1) is 11.5 Å². The molecule has 0 unspecified atom stereocenters. The van der Waals surface area contributed by atoms with Gasteiger partial charge in [-0.3, -0.25) is 4.79 Å². The van der Waals surface area contributed by atoms with Gasteiger partial charge in [-0.25, -0.2) is 13.1 Å². The van der Waals surface area contributed by atoms with Gasteiger partial charge >= 0.3 is 0 Å². The Bertz CT molecular complexity index is 802. The molecule has 0 atom stereocenters. The molecule has 0 aromatic heterocycles. The van der Waals surface area contributed by atoms with Crippen LogP contribution in [0.25, 0.3) is 0 Å². The lowest BCUT2D eigenvalue weighted by Crippen LogP contribution is -2.23. The van der Waals surface area contributed by atoms with E-state index < -0.39 is 10.0 Å². The first-order valence-corrected chi connectivity index (χ1v) is 8.83. The van der Waals surface area contributed by atoms with E-state index in [2.05, 4.69) is 10.0 Å². The molecule has 0 bridgehead atoms. The number of benzene rings is 2. The Kier molecular flexibility index (Phi) is 6.08. The zero-order valence-corrected chi connectivity index (χ0v) is 14.4. The number of nitrogens with one attached hydrogen (secondary N) is 2. The number of hydrogen-bond donors (Lipinski definition) is 2. The van der Waals surface area contributed by atoms with Crippen LogP contribution >= 0.6 is 0 Å². The third-order valence-electron chi connectivity index (χ3n) is 3.46. The SMILES string of the molecule is CNS(=O)(=O)c1ccc(CNC(=O)c2cccc(COC)c2)cc1. The van der Waals surface area contributed by atoms with Gasteiger partial charge in [0.2, 0.25) is 10.0 Å². The fourth-order valence-electron chi connectivity index (χ4n) is 2.16. The Hall–Kier alpha value is -2.22. The molecular formula is C17H20N2O4S. The van der Waals surface area contributed by atoms with Gasteiger partial charge in [0, 0.05) is 19.2 Å². The van der Waals surface area contributed by atoms with Crippen molar-refractivity contribution in [3.8, 4) is 0 Å². The molecule has 0 spiro atoms. The van der Waals surface area contributed by atoms with E-state index in [1.807, 2.05) is 6.07 Å². The highest BCUT2D eigenvalue weighted by atomic mass is 32.2. The summed E-state index contributed by atoms with van der Waals surface area (Å²) >= 11 is 0. The summed E-state index contributed by atoms with van der Waals surface area (Å²) in [6.07, 6.45) is 0. The second kappa shape index (κ2) is 8.05. The van der Waals surface area contributed by atoms with E-state index in [1.165, 1.54) is 19.2 Å². The number of hydrogen-bond acceptors (Lipinski definition) is 4. The zero-order valence-electron chi connectivity index (χ0n) is 13.6. The molecule has 2 rings (SSSR count). The molecule has 2 aromatic carbocycles. The zero-order chi connectivity index (χ0) is 17.6. The average Bonchev–Trinajstić information content (AvgIpc) is 2.60. The molecule has 0 saturated heterocycles. The fourth-order valence-corrected chi connectivity index (χ4v) is 2.89. The van der Waals surface area contributed by atoms with E-state index in [9.17, 15) is 13.2 Å². The first-order valence-electron chi connectivity index (χ1n) is 7.35. The van der Waals surface area contributed by atoms with Crippen molar-refractivity contribution in [2.24, 2.45) is 0 Å². The van der Waals surface area contributed by atoms with Gasteiger partial charge in [0.25, 0.3) is 5.91 Å². The van der Waals surface area contributed by atoms with Gasteiger partial charge in [-0.1, -0.05) is 24.3 Å². The number of methoxy groups -OCH3 is 1. The lowest BCUT2D eigenvalue weighted by atomic mass is 10.1. The van der Waals surface area contributed by atoms with Gasteiger partial charge < -0.3 is 10.1 Å². The minimum atomic E-state index is -3.45. The first-order chi connectivity index (χ1) is 11.5. The third-order valence-corrected chi connectivity index (χ3v) is 4.89. The molecule has 0 aliphatic carbocycles. The van der Waals surface area contributed by atoms with Crippen molar-refractivity contribution in [3.63, 3.8) is 0 Å². The van der Waals surface area contributed by atoms with Crippen LogP contribution < -0.4 is 10.0 Å². The molecule has 24 heavy (non-hydrogen) atoms. The van der Waals surface area contributed by atoms with Crippen LogP contribution in [0.15, 0.2) is 53.4 Å². The van der Waals surface area contributed by atoms with E-state index >= 15 is 0 Å². The predicted molar refractivity (Wildman–Crippen MR) is 91.0 cm³/mol. The fraction of sp³-hybridized carbons (Fsp3) is 0.235. The maximum absolute atomic E-state index is 12.2. The highest BCUT2D eigenvalue weighted by Crippen LogP contribution is 2.11. The number of sulfonamides is 1. The minimum absolute atomic E-state index is 0.187. The molecule has 1 amide bonds. The summed E-state index contributed by atoms with van der Waals surface area (Å²) in [6.45, 7) is 0.760. The Labute approximate surface area is 141 Å². The van der Waals surface area contributed by atoms with E-state index in [4.69, 9.17) is 4.74 Å². The molecule has 7 heteroatoms. The van der Waals surface area contributed by atoms with Crippen LogP contribution in [-0.2, 0) is 27.9 Å². The van der Waals surface area contributed by atoms with Crippen LogP contribution in [0.2, 0.25) is 0 Å². The number of amides is 1. The van der Waals surface area contributed by atoms with Gasteiger partial charge in [0.15, 0.2) is 0 Å². The van der Waals surface area contributed by atoms with Crippen LogP contribution in [-0.4, -0.2) is 28.5 Å². The topological polar surface area (TPSA) is 84.5 Å². The summed E-state index contributed by atoms with van der Waals surface area (Å²) in [5.41, 5.74) is 2.29. The molecule has 2 N–H and O–H groups in total. The van der Waals surface area contributed by atoms with Crippen LogP contribution in [0.1, 0.15) is 21.5 Å². The van der Waals surface area contributed by atoms with Gasteiger partial charge in [-0.15, -0.1) is 0 Å². The maximum Gasteiger partial charge on any atom is 0.251 e. The molecule has 0 aliphatic rings. The van der Waals surface area contributed by atoms with Crippen LogP contribution in [0.4, 0.5) is 0 Å². The van der Waals surface area contributed by atoms with Crippen molar-refractivity contribution >= 4 is 15.9 Å². The van der Waals surface area contributed by atoms with Crippen LogP contribution in [0, 0.1) is 0 Å². The van der Waals surface area contributed by atoms with Crippen molar-refractivity contribution in [3.05, 3.63) is 65.2 Å². The summed E-state index contributed by atoms with van der Waals surface area (Å²) in [5.74, 6) is -0.195. The standard InChI is InChI=1S/C17H20N2O4S/c1-18-24(21,22)16-8-6-13(7-9-16)11-19-17(20)15-5-3-4-14(10-15)12-23-2/h3-10,18H,11-12H2,1-2H3,(H,19,20). The summed E-state index contributed by atoms with van der Waals surface area (Å²) in [6, 6.07) is 13.6. The van der Waals surface area contributed by atoms with Crippen LogP contribution in [0.5, 0.6) is 0 Å². The average molecular weight is 348 g/mol. The molecule has 0 aliphatic heterocycles. The lowest BCUT2D eigenvalue weighted by Gasteiger charge is -2.08. The number of ether oxygens (including phenoxy) is 1. The highest BCUT2D eigenvalue weighted by molar-refractivity contribution is 7.89. The minimum Gasteiger partial charge on any atom is -0.380 e. The summed E-state index contributed by atoms with van der Waals surface area (Å²) in [5, 5.41) is 2.81. The molecular weight excluding hydrogens is 328 g/mol. The second-order valence-electron chi connectivity index (χ2n) is 5.17. The maximum atomic E-state index is 12.2. The largest absolute Gasteiger partial charge is 0.380 e. The Morgan fingerprint density at radius 3 is 2.42 bits per heavy atom. The molecule has 128 valence electrons. The summed E-state index contributed by atoms with van der Waals surface area (Å²) in [7, 11) is -0.485. The van der Waals surface area contributed by atoms with Crippen molar-refractivity contribution in [2.45, 2.75) is 18.0 Å². The molecule has 0 fully saturated rings. The normalized spacial score (nSPS) is 11.2. The molecule has 0 heterocycles.